The second-order valence-corrected chi connectivity index (χ2v) is 3.54. The first-order valence-electron chi connectivity index (χ1n) is 4.93. The number of alkyl halides is 2. The molecule has 1 fully saturated rings. The van der Waals surface area contributed by atoms with Gasteiger partial charge in [0.25, 0.3) is 0 Å². The Morgan fingerprint density at radius 2 is 2.31 bits per heavy atom. The summed E-state index contributed by atoms with van der Waals surface area (Å²) >= 11 is 0. The fourth-order valence-corrected chi connectivity index (χ4v) is 1.64. The Labute approximate surface area is 91.4 Å². The molecular formula is C10H12F2N2O2. The highest BCUT2D eigenvalue weighted by atomic mass is 19.3. The summed E-state index contributed by atoms with van der Waals surface area (Å²) < 4.78 is 33.6. The number of aromatic nitrogens is 1. The minimum absolute atomic E-state index is 0.115. The van der Waals surface area contributed by atoms with Crippen molar-refractivity contribution in [3.05, 3.63) is 23.9 Å². The molecule has 1 aromatic heterocycles. The number of nitrogens with zero attached hydrogens (tertiary/aromatic N) is 1. The molecular weight excluding hydrogens is 218 g/mol. The quantitative estimate of drug-likeness (QED) is 0.845. The smallest absolute Gasteiger partial charge is 0.388 e. The monoisotopic (exact) mass is 230 g/mol. The van der Waals surface area contributed by atoms with Gasteiger partial charge in [-0.25, -0.2) is 4.98 Å². The minimum Gasteiger partial charge on any atom is -0.417 e. The van der Waals surface area contributed by atoms with Crippen molar-refractivity contribution >= 4 is 0 Å². The molecule has 16 heavy (non-hydrogen) atoms. The Kier molecular flexibility index (Phi) is 3.02. The van der Waals surface area contributed by atoms with Gasteiger partial charge in [-0.15, -0.1) is 0 Å². The van der Waals surface area contributed by atoms with E-state index < -0.39 is 12.2 Å². The summed E-state index contributed by atoms with van der Waals surface area (Å²) in [6.07, 6.45) is 0.745. The molecule has 1 aliphatic rings. The molecule has 0 aromatic carbocycles. The molecule has 6 heteroatoms. The van der Waals surface area contributed by atoms with Crippen LogP contribution in [0.5, 0.6) is 5.88 Å². The van der Waals surface area contributed by atoms with Crippen LogP contribution >= 0.6 is 0 Å². The molecule has 2 heterocycles. The third-order valence-electron chi connectivity index (χ3n) is 2.61. The van der Waals surface area contributed by atoms with E-state index in [1.807, 2.05) is 0 Å². The molecule has 0 saturated carbocycles. The summed E-state index contributed by atoms with van der Waals surface area (Å²) in [4.78, 5) is 3.97. The average Bonchev–Trinajstić information content (AvgIpc) is 2.16. The van der Waals surface area contributed by atoms with Crippen LogP contribution in [0.3, 0.4) is 0 Å². The molecule has 0 aliphatic carbocycles. The van der Waals surface area contributed by atoms with E-state index in [4.69, 9.17) is 10.5 Å². The summed E-state index contributed by atoms with van der Waals surface area (Å²) in [5.74, 6) is -0.115. The first-order valence-corrected chi connectivity index (χ1v) is 4.93. The van der Waals surface area contributed by atoms with Gasteiger partial charge >= 0.3 is 6.61 Å². The zero-order chi connectivity index (χ0) is 11.6. The van der Waals surface area contributed by atoms with E-state index in [0.717, 1.165) is 6.42 Å². The molecule has 4 nitrogen and oxygen atoms in total. The topological polar surface area (TPSA) is 57.4 Å². The van der Waals surface area contributed by atoms with Crippen LogP contribution in [0.15, 0.2) is 18.2 Å². The van der Waals surface area contributed by atoms with Crippen LogP contribution in [0.25, 0.3) is 0 Å². The number of halogens is 2. The van der Waals surface area contributed by atoms with Crippen molar-refractivity contribution in [3.8, 4) is 5.88 Å². The van der Waals surface area contributed by atoms with E-state index in [2.05, 4.69) is 9.72 Å². The van der Waals surface area contributed by atoms with Crippen LogP contribution in [0.2, 0.25) is 0 Å². The van der Waals surface area contributed by atoms with Crippen molar-refractivity contribution in [3.63, 3.8) is 0 Å². The Bertz CT molecular complexity index is 364. The lowest BCUT2D eigenvalue weighted by molar-refractivity contribution is -0.150. The van der Waals surface area contributed by atoms with Crippen molar-refractivity contribution in [1.29, 1.82) is 0 Å². The van der Waals surface area contributed by atoms with Crippen LogP contribution < -0.4 is 10.5 Å². The molecule has 0 spiro atoms. The van der Waals surface area contributed by atoms with E-state index in [-0.39, 0.29) is 12.4 Å². The molecule has 2 rings (SSSR count). The van der Waals surface area contributed by atoms with Gasteiger partial charge in [0.15, 0.2) is 0 Å². The molecule has 0 radical (unpaired) electrons. The second-order valence-electron chi connectivity index (χ2n) is 3.54. The van der Waals surface area contributed by atoms with Gasteiger partial charge in [-0.1, -0.05) is 6.07 Å². The minimum atomic E-state index is -2.88. The van der Waals surface area contributed by atoms with Gasteiger partial charge in [-0.05, 0) is 6.07 Å². The molecule has 1 unspecified atom stereocenters. The van der Waals surface area contributed by atoms with Gasteiger partial charge in [0.05, 0.1) is 12.3 Å². The predicted molar refractivity (Wildman–Crippen MR) is 52.2 cm³/mol. The number of pyridine rings is 1. The summed E-state index contributed by atoms with van der Waals surface area (Å²) in [6.45, 7) is -1.99. The third kappa shape index (κ3) is 1.98. The molecule has 1 aliphatic heterocycles. The maximum atomic E-state index is 12.0. The molecule has 2 N–H and O–H groups in total. The maximum Gasteiger partial charge on any atom is 0.388 e. The van der Waals surface area contributed by atoms with E-state index in [1.165, 1.54) is 6.07 Å². The normalized spacial score (nSPS) is 24.2. The van der Waals surface area contributed by atoms with Gasteiger partial charge in [-0.2, -0.15) is 8.78 Å². The fourth-order valence-electron chi connectivity index (χ4n) is 1.64. The highest BCUT2D eigenvalue weighted by molar-refractivity contribution is 5.22. The lowest BCUT2D eigenvalue weighted by Crippen LogP contribution is -2.47. The third-order valence-corrected chi connectivity index (χ3v) is 2.61. The zero-order valence-electron chi connectivity index (χ0n) is 8.53. The number of nitrogens with two attached hydrogens (primary N) is 1. The average molecular weight is 230 g/mol. The highest BCUT2D eigenvalue weighted by Gasteiger charge is 2.40. The van der Waals surface area contributed by atoms with Crippen LogP contribution in [-0.2, 0) is 10.3 Å². The molecule has 1 saturated heterocycles. The summed E-state index contributed by atoms with van der Waals surface area (Å²) in [5.41, 5.74) is 5.52. The second kappa shape index (κ2) is 4.31. The Balaban J connectivity index is 2.21. The van der Waals surface area contributed by atoms with Crippen LogP contribution in [-0.4, -0.2) is 24.7 Å². The summed E-state index contributed by atoms with van der Waals surface area (Å²) in [5, 5.41) is 0. The lowest BCUT2D eigenvalue weighted by atomic mass is 9.90. The van der Waals surface area contributed by atoms with Crippen LogP contribution in [0.1, 0.15) is 12.1 Å². The van der Waals surface area contributed by atoms with Gasteiger partial charge < -0.3 is 15.2 Å². The molecule has 1 atom stereocenters. The first-order chi connectivity index (χ1) is 7.66. The van der Waals surface area contributed by atoms with Gasteiger partial charge in [-0.3, -0.25) is 0 Å². The standard InChI is InChI=1S/C10H12F2N2O2/c11-9(12)16-8-3-1-2-7(14-8)10(6-13)4-5-15-10/h1-3,9H,4-6,13H2. The maximum absolute atomic E-state index is 12.0. The summed E-state index contributed by atoms with van der Waals surface area (Å²) in [6, 6.07) is 4.67. The number of rotatable bonds is 4. The fraction of sp³-hybridized carbons (Fsp3) is 0.500. The number of hydrogen-bond acceptors (Lipinski definition) is 4. The van der Waals surface area contributed by atoms with E-state index in [0.29, 0.717) is 12.3 Å². The van der Waals surface area contributed by atoms with Crippen molar-refractivity contribution in [1.82, 2.24) is 4.98 Å². The van der Waals surface area contributed by atoms with Crippen molar-refractivity contribution in [2.24, 2.45) is 5.73 Å². The molecule has 1 aromatic rings. The van der Waals surface area contributed by atoms with E-state index in [9.17, 15) is 8.78 Å². The van der Waals surface area contributed by atoms with Gasteiger partial charge in [0, 0.05) is 19.0 Å². The van der Waals surface area contributed by atoms with Gasteiger partial charge in [0.1, 0.15) is 5.60 Å². The zero-order valence-corrected chi connectivity index (χ0v) is 8.53. The molecule has 0 bridgehead atoms. The molecule has 88 valence electrons. The highest BCUT2D eigenvalue weighted by Crippen LogP contribution is 2.35. The van der Waals surface area contributed by atoms with Crippen molar-refractivity contribution in [2.75, 3.05) is 13.2 Å². The van der Waals surface area contributed by atoms with E-state index >= 15 is 0 Å². The number of ether oxygens (including phenoxy) is 2. The lowest BCUT2D eigenvalue weighted by Gasteiger charge is -2.40. The van der Waals surface area contributed by atoms with Crippen LogP contribution in [0, 0.1) is 0 Å². The Morgan fingerprint density at radius 1 is 1.56 bits per heavy atom. The van der Waals surface area contributed by atoms with E-state index in [1.54, 1.807) is 12.1 Å². The van der Waals surface area contributed by atoms with Gasteiger partial charge in [0.2, 0.25) is 5.88 Å². The summed E-state index contributed by atoms with van der Waals surface area (Å²) in [7, 11) is 0. The van der Waals surface area contributed by atoms with Crippen molar-refractivity contribution in [2.45, 2.75) is 18.6 Å². The molecule has 0 amide bonds. The SMILES string of the molecule is NCC1(c2cccc(OC(F)F)n2)CCO1. The Morgan fingerprint density at radius 3 is 2.81 bits per heavy atom. The first kappa shape index (κ1) is 11.2. The Hall–Kier alpha value is -1.27. The van der Waals surface area contributed by atoms with Crippen LogP contribution in [0.4, 0.5) is 8.78 Å². The number of hydrogen-bond donors (Lipinski definition) is 1. The van der Waals surface area contributed by atoms with Crippen molar-refractivity contribution < 1.29 is 18.3 Å². The largest absolute Gasteiger partial charge is 0.417 e. The predicted octanol–water partition coefficient (Wildman–Crippen LogP) is 1.26.